The fraction of sp³-hybridized carbons (Fsp3) is 0.467. The van der Waals surface area contributed by atoms with E-state index >= 15 is 0 Å². The van der Waals surface area contributed by atoms with E-state index in [4.69, 9.17) is 16.3 Å². The van der Waals surface area contributed by atoms with Gasteiger partial charge in [0.15, 0.2) is 6.61 Å². The van der Waals surface area contributed by atoms with E-state index in [-0.39, 0.29) is 30.3 Å². The van der Waals surface area contributed by atoms with E-state index in [1.54, 1.807) is 18.2 Å². The Morgan fingerprint density at radius 1 is 1.30 bits per heavy atom. The minimum atomic E-state index is -0.379. The monoisotopic (exact) mass is 297 g/mol. The zero-order valence-electron chi connectivity index (χ0n) is 12.2. The van der Waals surface area contributed by atoms with Crippen molar-refractivity contribution in [3.63, 3.8) is 0 Å². The van der Waals surface area contributed by atoms with Gasteiger partial charge in [-0.25, -0.2) is 0 Å². The highest BCUT2D eigenvalue weighted by Crippen LogP contribution is 2.23. The van der Waals surface area contributed by atoms with Gasteiger partial charge in [-0.3, -0.25) is 9.59 Å². The molecule has 0 atom stereocenters. The number of benzene rings is 1. The summed E-state index contributed by atoms with van der Waals surface area (Å²) in [6.45, 7) is 7.32. The first-order valence-electron chi connectivity index (χ1n) is 6.39. The lowest BCUT2D eigenvalue weighted by Gasteiger charge is -2.16. The molecule has 0 saturated heterocycles. The zero-order valence-corrected chi connectivity index (χ0v) is 13.0. The van der Waals surface area contributed by atoms with E-state index < -0.39 is 0 Å². The Kier molecular flexibility index (Phi) is 5.57. The van der Waals surface area contributed by atoms with Crippen molar-refractivity contribution in [1.29, 1.82) is 0 Å². The van der Waals surface area contributed by atoms with Gasteiger partial charge in [-0.1, -0.05) is 38.4 Å². The van der Waals surface area contributed by atoms with Crippen LogP contribution in [0.5, 0.6) is 0 Å². The van der Waals surface area contributed by atoms with Crippen LogP contribution >= 0.6 is 11.6 Å². The predicted molar refractivity (Wildman–Crippen MR) is 79.8 cm³/mol. The molecule has 1 aromatic rings. The van der Waals surface area contributed by atoms with Gasteiger partial charge in [0.2, 0.25) is 0 Å². The van der Waals surface area contributed by atoms with Crippen LogP contribution in [0.2, 0.25) is 5.02 Å². The van der Waals surface area contributed by atoms with Crippen LogP contribution < -0.4 is 5.32 Å². The van der Waals surface area contributed by atoms with Crippen molar-refractivity contribution in [3.05, 3.63) is 28.8 Å². The van der Waals surface area contributed by atoms with Gasteiger partial charge < -0.3 is 10.1 Å². The predicted octanol–water partition coefficient (Wildman–Crippen LogP) is 3.57. The molecule has 0 heterocycles. The molecule has 110 valence electrons. The Balaban J connectivity index is 2.49. The van der Waals surface area contributed by atoms with E-state index in [9.17, 15) is 9.59 Å². The number of anilines is 1. The van der Waals surface area contributed by atoms with Crippen LogP contribution in [0.15, 0.2) is 18.2 Å². The fourth-order valence-corrected chi connectivity index (χ4v) is 1.73. The van der Waals surface area contributed by atoms with E-state index in [0.29, 0.717) is 10.7 Å². The first-order valence-corrected chi connectivity index (χ1v) is 6.77. The molecule has 4 nitrogen and oxygen atoms in total. The summed E-state index contributed by atoms with van der Waals surface area (Å²) >= 11 is 5.96. The molecule has 0 spiro atoms. The van der Waals surface area contributed by atoms with Crippen LogP contribution in [0.25, 0.3) is 0 Å². The third-order valence-corrected chi connectivity index (χ3v) is 2.99. The lowest BCUT2D eigenvalue weighted by molar-refractivity contribution is -0.149. The molecule has 1 rings (SSSR count). The summed E-state index contributed by atoms with van der Waals surface area (Å²) in [4.78, 5) is 23.2. The van der Waals surface area contributed by atoms with Crippen molar-refractivity contribution >= 4 is 29.2 Å². The molecule has 0 aliphatic heterocycles. The lowest BCUT2D eigenvalue weighted by Crippen LogP contribution is -2.23. The van der Waals surface area contributed by atoms with Crippen molar-refractivity contribution in [2.24, 2.45) is 5.41 Å². The van der Waals surface area contributed by atoms with Gasteiger partial charge in [-0.2, -0.15) is 0 Å². The molecule has 0 saturated carbocycles. The number of amides is 1. The largest absolute Gasteiger partial charge is 0.456 e. The molecule has 0 fully saturated rings. The summed E-state index contributed by atoms with van der Waals surface area (Å²) in [5.41, 5.74) is 1.25. The maximum absolute atomic E-state index is 11.7. The van der Waals surface area contributed by atoms with Gasteiger partial charge in [0.1, 0.15) is 0 Å². The first kappa shape index (κ1) is 16.5. The third kappa shape index (κ3) is 5.61. The molecule has 0 aliphatic rings. The Labute approximate surface area is 124 Å². The Hall–Kier alpha value is -1.55. The second-order valence-corrected chi connectivity index (χ2v) is 6.27. The zero-order chi connectivity index (χ0) is 15.3. The molecule has 1 N–H and O–H groups in total. The minimum absolute atomic E-state index is 0.156. The highest BCUT2D eigenvalue weighted by molar-refractivity contribution is 6.31. The van der Waals surface area contributed by atoms with Gasteiger partial charge in [-0.05, 0) is 30.0 Å². The number of esters is 1. The Bertz CT molecular complexity index is 506. The number of halogens is 1. The van der Waals surface area contributed by atoms with Crippen LogP contribution in [-0.4, -0.2) is 18.5 Å². The van der Waals surface area contributed by atoms with Crippen molar-refractivity contribution in [2.75, 3.05) is 11.9 Å². The van der Waals surface area contributed by atoms with E-state index in [1.807, 2.05) is 27.7 Å². The van der Waals surface area contributed by atoms with E-state index in [2.05, 4.69) is 5.32 Å². The molecule has 0 aromatic heterocycles. The number of carbonyl (C=O) groups is 2. The SMILES string of the molecule is Cc1c(Cl)cccc1NC(=O)COC(=O)CC(C)(C)C. The summed E-state index contributed by atoms with van der Waals surface area (Å²) in [7, 11) is 0. The lowest BCUT2D eigenvalue weighted by atomic mass is 9.92. The number of ether oxygens (including phenoxy) is 1. The van der Waals surface area contributed by atoms with Crippen molar-refractivity contribution in [2.45, 2.75) is 34.1 Å². The summed E-state index contributed by atoms with van der Waals surface area (Å²) in [5.74, 6) is -0.756. The number of carbonyl (C=O) groups excluding carboxylic acids is 2. The normalized spacial score (nSPS) is 11.1. The molecule has 1 amide bonds. The number of rotatable bonds is 4. The molecule has 1 aromatic carbocycles. The van der Waals surface area contributed by atoms with Crippen molar-refractivity contribution in [3.8, 4) is 0 Å². The number of hydrogen-bond donors (Lipinski definition) is 1. The molecular weight excluding hydrogens is 278 g/mol. The van der Waals surface area contributed by atoms with Gasteiger partial charge in [0, 0.05) is 10.7 Å². The summed E-state index contributed by atoms with van der Waals surface area (Å²) in [5, 5.41) is 3.25. The molecule has 0 radical (unpaired) electrons. The van der Waals surface area contributed by atoms with Gasteiger partial charge in [0.25, 0.3) is 5.91 Å². The highest BCUT2D eigenvalue weighted by Gasteiger charge is 2.18. The molecule has 0 bridgehead atoms. The van der Waals surface area contributed by atoms with Gasteiger partial charge in [-0.15, -0.1) is 0 Å². The van der Waals surface area contributed by atoms with Gasteiger partial charge in [0.05, 0.1) is 6.42 Å². The van der Waals surface area contributed by atoms with E-state index in [1.165, 1.54) is 0 Å². The fourth-order valence-electron chi connectivity index (χ4n) is 1.56. The van der Waals surface area contributed by atoms with Crippen molar-refractivity contribution < 1.29 is 14.3 Å². The van der Waals surface area contributed by atoms with Crippen LogP contribution in [0.4, 0.5) is 5.69 Å². The standard InChI is InChI=1S/C15H20ClNO3/c1-10-11(16)6-5-7-12(10)17-13(18)9-20-14(19)8-15(2,3)4/h5-7H,8-9H2,1-4H3,(H,17,18). The van der Waals surface area contributed by atoms with Crippen LogP contribution in [0.1, 0.15) is 32.8 Å². The molecular formula is C15H20ClNO3. The van der Waals surface area contributed by atoms with Gasteiger partial charge >= 0.3 is 5.97 Å². The number of nitrogens with one attached hydrogen (secondary N) is 1. The third-order valence-electron chi connectivity index (χ3n) is 2.58. The maximum atomic E-state index is 11.7. The minimum Gasteiger partial charge on any atom is -0.456 e. The van der Waals surface area contributed by atoms with E-state index in [0.717, 1.165) is 5.56 Å². The molecule has 0 aliphatic carbocycles. The summed E-state index contributed by atoms with van der Waals surface area (Å²) in [6.07, 6.45) is 0.274. The van der Waals surface area contributed by atoms with Crippen LogP contribution in [-0.2, 0) is 14.3 Å². The molecule has 5 heteroatoms. The molecule has 0 unspecified atom stereocenters. The first-order chi connectivity index (χ1) is 9.19. The topological polar surface area (TPSA) is 55.4 Å². The Morgan fingerprint density at radius 2 is 1.95 bits per heavy atom. The quantitative estimate of drug-likeness (QED) is 0.864. The second kappa shape index (κ2) is 6.75. The average Bonchev–Trinajstić information content (AvgIpc) is 2.30. The van der Waals surface area contributed by atoms with Crippen LogP contribution in [0.3, 0.4) is 0 Å². The average molecular weight is 298 g/mol. The molecule has 20 heavy (non-hydrogen) atoms. The van der Waals surface area contributed by atoms with Crippen molar-refractivity contribution in [1.82, 2.24) is 0 Å². The maximum Gasteiger partial charge on any atom is 0.306 e. The second-order valence-electron chi connectivity index (χ2n) is 5.86. The van der Waals surface area contributed by atoms with Crippen LogP contribution in [0, 0.1) is 12.3 Å². The smallest absolute Gasteiger partial charge is 0.306 e. The summed E-state index contributed by atoms with van der Waals surface area (Å²) < 4.78 is 4.94. The number of hydrogen-bond acceptors (Lipinski definition) is 3. The Morgan fingerprint density at radius 3 is 2.55 bits per heavy atom. The highest BCUT2D eigenvalue weighted by atomic mass is 35.5. The summed E-state index contributed by atoms with van der Waals surface area (Å²) in [6, 6.07) is 5.24.